The highest BCUT2D eigenvalue weighted by Gasteiger charge is 2.24. The molecule has 1 amide bonds. The molecule has 34 heavy (non-hydrogen) atoms. The van der Waals surface area contributed by atoms with Gasteiger partial charge in [-0.2, -0.15) is 9.78 Å². The Kier molecular flexibility index (Phi) is 7.40. The first kappa shape index (κ1) is 23.3. The molecule has 0 aliphatic rings. The van der Waals surface area contributed by atoms with Crippen molar-refractivity contribution in [3.63, 3.8) is 0 Å². The number of rotatable bonds is 9. The third kappa shape index (κ3) is 5.35. The number of anilines is 1. The van der Waals surface area contributed by atoms with Gasteiger partial charge in [0.1, 0.15) is 5.75 Å². The number of nitrogens with zero attached hydrogens (tertiary/aromatic N) is 6. The standard InChI is InChI=1S/C21H19ClN8O3S/c1-2-32-17-6-4-3-5-13(17)11-24-26-21(31)18-16(12-34-15-9-7-14(22)8-10-15)30(29-25-18)20-19(23)27-33-28-20/h3-11H,2,12H2,1H3,(H2,23,27)(H,26,31)/b24-11+. The lowest BCUT2D eigenvalue weighted by atomic mass is 10.2. The second-order valence-electron chi connectivity index (χ2n) is 6.68. The summed E-state index contributed by atoms with van der Waals surface area (Å²) in [5.74, 6) is 0.564. The van der Waals surface area contributed by atoms with Crippen molar-refractivity contribution in [1.29, 1.82) is 0 Å². The van der Waals surface area contributed by atoms with E-state index in [2.05, 4.69) is 35.8 Å². The van der Waals surface area contributed by atoms with Crippen LogP contribution in [0, 0.1) is 0 Å². The predicted octanol–water partition coefficient (Wildman–Crippen LogP) is 3.34. The first-order chi connectivity index (χ1) is 16.6. The van der Waals surface area contributed by atoms with Crippen LogP contribution in [0.15, 0.2) is 63.2 Å². The van der Waals surface area contributed by atoms with Crippen LogP contribution in [0.3, 0.4) is 0 Å². The van der Waals surface area contributed by atoms with E-state index in [1.54, 1.807) is 12.1 Å². The van der Waals surface area contributed by atoms with Crippen molar-refractivity contribution >= 4 is 41.3 Å². The number of para-hydroxylation sites is 1. The van der Waals surface area contributed by atoms with E-state index in [1.807, 2.05) is 43.3 Å². The molecule has 174 valence electrons. The topological polar surface area (TPSA) is 146 Å². The van der Waals surface area contributed by atoms with Gasteiger partial charge in [0.15, 0.2) is 5.69 Å². The average Bonchev–Trinajstić information content (AvgIpc) is 3.45. The molecular formula is C21H19ClN8O3S. The van der Waals surface area contributed by atoms with Gasteiger partial charge in [0, 0.05) is 21.2 Å². The number of aromatic nitrogens is 5. The maximum Gasteiger partial charge on any atom is 0.293 e. The number of hydrogen-bond acceptors (Lipinski definition) is 10. The Morgan fingerprint density at radius 2 is 2.06 bits per heavy atom. The molecule has 0 spiro atoms. The van der Waals surface area contributed by atoms with Gasteiger partial charge in [0.25, 0.3) is 5.91 Å². The van der Waals surface area contributed by atoms with Crippen LogP contribution >= 0.6 is 23.4 Å². The van der Waals surface area contributed by atoms with Crippen LogP contribution in [0.5, 0.6) is 5.75 Å². The van der Waals surface area contributed by atoms with E-state index in [0.717, 1.165) is 4.90 Å². The van der Waals surface area contributed by atoms with Crippen molar-refractivity contribution in [2.24, 2.45) is 5.10 Å². The van der Waals surface area contributed by atoms with Gasteiger partial charge in [0.05, 0.1) is 18.5 Å². The fourth-order valence-electron chi connectivity index (χ4n) is 2.89. The van der Waals surface area contributed by atoms with Gasteiger partial charge >= 0.3 is 0 Å². The first-order valence-corrected chi connectivity index (χ1v) is 11.4. The molecular weight excluding hydrogens is 480 g/mol. The summed E-state index contributed by atoms with van der Waals surface area (Å²) in [6.45, 7) is 2.40. The lowest BCUT2D eigenvalue weighted by Gasteiger charge is -2.07. The number of thioether (sulfide) groups is 1. The zero-order valence-electron chi connectivity index (χ0n) is 17.9. The molecule has 0 saturated heterocycles. The molecule has 2 heterocycles. The van der Waals surface area contributed by atoms with Crippen LogP contribution in [0.1, 0.15) is 28.7 Å². The predicted molar refractivity (Wildman–Crippen MR) is 127 cm³/mol. The Balaban J connectivity index is 1.57. The lowest BCUT2D eigenvalue weighted by molar-refractivity contribution is 0.0949. The van der Waals surface area contributed by atoms with Crippen molar-refractivity contribution in [2.75, 3.05) is 12.3 Å². The van der Waals surface area contributed by atoms with Crippen LogP contribution in [-0.4, -0.2) is 44.0 Å². The van der Waals surface area contributed by atoms with Gasteiger partial charge in [-0.05, 0) is 53.6 Å². The third-order valence-electron chi connectivity index (χ3n) is 4.45. The minimum atomic E-state index is -0.557. The number of halogens is 1. The number of carbonyl (C=O) groups excluding carboxylic acids is 1. The summed E-state index contributed by atoms with van der Waals surface area (Å²) in [6.07, 6.45) is 1.50. The second kappa shape index (κ2) is 10.8. The minimum Gasteiger partial charge on any atom is -0.493 e. The quantitative estimate of drug-likeness (QED) is 0.201. The van der Waals surface area contributed by atoms with Gasteiger partial charge in [-0.3, -0.25) is 4.79 Å². The number of hydrazone groups is 1. The normalized spacial score (nSPS) is 11.1. The highest BCUT2D eigenvalue weighted by atomic mass is 35.5. The van der Waals surface area contributed by atoms with Crippen LogP contribution in [0.4, 0.5) is 5.82 Å². The van der Waals surface area contributed by atoms with Crippen LogP contribution in [0.25, 0.3) is 5.82 Å². The molecule has 0 aliphatic carbocycles. The van der Waals surface area contributed by atoms with Crippen molar-refractivity contribution in [3.8, 4) is 11.6 Å². The van der Waals surface area contributed by atoms with E-state index in [-0.39, 0.29) is 17.3 Å². The monoisotopic (exact) mass is 498 g/mol. The Morgan fingerprint density at radius 1 is 1.26 bits per heavy atom. The zero-order chi connectivity index (χ0) is 23.9. The van der Waals surface area contributed by atoms with Crippen molar-refractivity contribution < 1.29 is 14.2 Å². The smallest absolute Gasteiger partial charge is 0.293 e. The molecule has 0 aliphatic heterocycles. The number of amides is 1. The number of nitrogens with one attached hydrogen (secondary N) is 1. The van der Waals surface area contributed by atoms with Crippen molar-refractivity contribution in [2.45, 2.75) is 17.6 Å². The van der Waals surface area contributed by atoms with E-state index in [0.29, 0.717) is 34.4 Å². The average molecular weight is 499 g/mol. The number of ether oxygens (including phenoxy) is 1. The maximum absolute atomic E-state index is 12.9. The van der Waals surface area contributed by atoms with Crippen LogP contribution in [-0.2, 0) is 5.75 Å². The Hall–Kier alpha value is -3.90. The number of hydrogen-bond donors (Lipinski definition) is 2. The number of benzene rings is 2. The summed E-state index contributed by atoms with van der Waals surface area (Å²) in [7, 11) is 0. The highest BCUT2D eigenvalue weighted by molar-refractivity contribution is 7.98. The van der Waals surface area contributed by atoms with Gasteiger partial charge in [0.2, 0.25) is 11.6 Å². The van der Waals surface area contributed by atoms with E-state index >= 15 is 0 Å². The molecule has 2 aromatic heterocycles. The molecule has 2 aromatic carbocycles. The van der Waals surface area contributed by atoms with Crippen LogP contribution in [0.2, 0.25) is 5.02 Å². The fraction of sp³-hybridized carbons (Fsp3) is 0.143. The first-order valence-electron chi connectivity index (χ1n) is 10.0. The Morgan fingerprint density at radius 3 is 2.79 bits per heavy atom. The van der Waals surface area contributed by atoms with E-state index in [1.165, 1.54) is 22.7 Å². The van der Waals surface area contributed by atoms with E-state index in [4.69, 9.17) is 22.1 Å². The molecule has 13 heteroatoms. The Labute approximate surface area is 203 Å². The number of nitrogens with two attached hydrogens (primary N) is 1. The third-order valence-corrected chi connectivity index (χ3v) is 5.73. The molecule has 0 saturated carbocycles. The summed E-state index contributed by atoms with van der Waals surface area (Å²) in [6, 6.07) is 14.6. The maximum atomic E-state index is 12.9. The van der Waals surface area contributed by atoms with Crippen LogP contribution < -0.4 is 15.9 Å². The Bertz CT molecular complexity index is 1310. The fourth-order valence-corrected chi connectivity index (χ4v) is 3.90. The second-order valence-corrected chi connectivity index (χ2v) is 8.17. The molecule has 0 atom stereocenters. The lowest BCUT2D eigenvalue weighted by Crippen LogP contribution is -2.20. The van der Waals surface area contributed by atoms with Crippen molar-refractivity contribution in [3.05, 3.63) is 70.5 Å². The van der Waals surface area contributed by atoms with E-state index < -0.39 is 5.91 Å². The summed E-state index contributed by atoms with van der Waals surface area (Å²) in [4.78, 5) is 13.8. The molecule has 0 fully saturated rings. The molecule has 4 aromatic rings. The molecule has 11 nitrogen and oxygen atoms in total. The van der Waals surface area contributed by atoms with Crippen molar-refractivity contribution in [1.82, 2.24) is 30.7 Å². The minimum absolute atomic E-state index is 0.0140. The summed E-state index contributed by atoms with van der Waals surface area (Å²) < 4.78 is 11.6. The molecule has 3 N–H and O–H groups in total. The molecule has 0 radical (unpaired) electrons. The van der Waals surface area contributed by atoms with Gasteiger partial charge in [-0.1, -0.05) is 28.9 Å². The van der Waals surface area contributed by atoms with Gasteiger partial charge in [-0.15, -0.1) is 16.9 Å². The van der Waals surface area contributed by atoms with E-state index in [9.17, 15) is 4.79 Å². The van der Waals surface area contributed by atoms with Gasteiger partial charge < -0.3 is 10.5 Å². The summed E-state index contributed by atoms with van der Waals surface area (Å²) >= 11 is 7.41. The molecule has 0 unspecified atom stereocenters. The molecule has 0 bridgehead atoms. The largest absolute Gasteiger partial charge is 0.493 e. The number of nitrogen functional groups attached to an aromatic ring is 1. The molecule has 4 rings (SSSR count). The summed E-state index contributed by atoms with van der Waals surface area (Å²) in [5, 5.41) is 20.0. The number of carbonyl (C=O) groups is 1. The highest BCUT2D eigenvalue weighted by Crippen LogP contribution is 2.27. The summed E-state index contributed by atoms with van der Waals surface area (Å²) in [5.41, 5.74) is 9.50. The SMILES string of the molecule is CCOc1ccccc1/C=N/NC(=O)c1nnn(-c2nonc2N)c1CSc1ccc(Cl)cc1. The van der Waals surface area contributed by atoms with Gasteiger partial charge in [-0.25, -0.2) is 10.1 Å². The zero-order valence-corrected chi connectivity index (χ0v) is 19.5.